The first-order valence-electron chi connectivity index (χ1n) is 15.3. The number of hydrogen-bond donors (Lipinski definition) is 1. The molecule has 1 atom stereocenters. The summed E-state index contributed by atoms with van der Waals surface area (Å²) in [7, 11) is 2.14. The van der Waals surface area contributed by atoms with E-state index in [0.29, 0.717) is 36.5 Å². The lowest BCUT2D eigenvalue weighted by Crippen LogP contribution is -2.34. The van der Waals surface area contributed by atoms with Gasteiger partial charge in [-0.05, 0) is 60.3 Å². The highest BCUT2D eigenvalue weighted by Gasteiger charge is 2.27. The highest BCUT2D eigenvalue weighted by Crippen LogP contribution is 2.39. The van der Waals surface area contributed by atoms with Crippen molar-refractivity contribution in [3.63, 3.8) is 0 Å². The molecule has 2 aromatic heterocycles. The monoisotopic (exact) mass is 645 g/mol. The zero-order valence-electron chi connectivity index (χ0n) is 25.7. The average Bonchev–Trinajstić information content (AvgIpc) is 3.74. The van der Waals surface area contributed by atoms with E-state index in [1.807, 2.05) is 5.38 Å². The van der Waals surface area contributed by atoms with Gasteiger partial charge < -0.3 is 29.3 Å². The summed E-state index contributed by atoms with van der Waals surface area (Å²) in [5, 5.41) is 14.9. The lowest BCUT2D eigenvalue weighted by atomic mass is 9.95. The maximum atomic E-state index is 14.3. The minimum Gasteiger partial charge on any atom is -0.490 e. The Morgan fingerprint density at radius 1 is 1.09 bits per heavy atom. The van der Waals surface area contributed by atoms with Crippen molar-refractivity contribution < 1.29 is 28.2 Å². The molecule has 4 heterocycles. The molecule has 4 aromatic rings. The van der Waals surface area contributed by atoms with Crippen molar-refractivity contribution in [3.05, 3.63) is 77.4 Å². The number of fused-ring (bicyclic) bond motifs is 2. The standard InChI is InChI=1S/C34H36FN5O5S/c1-3-30(41)40-13-9-26(21-40)45-34(42)36-11-14-43-15-16-44-29-19-25(35)6-7-27(29)32-33-28(10-17-46-33)31(37-38-32)23-4-5-24-20-39(2)12-8-22(24)18-23/h3-7,10,17-19,26H,1,8-9,11-16,20-21H2,2H3,(H,36,42). The fraction of sp³-hybridized carbons (Fsp3) is 0.353. The number of amides is 2. The maximum Gasteiger partial charge on any atom is 0.407 e. The van der Waals surface area contributed by atoms with E-state index in [0.717, 1.165) is 40.9 Å². The normalized spacial score (nSPS) is 16.3. The van der Waals surface area contributed by atoms with Gasteiger partial charge in [0.15, 0.2) is 0 Å². The molecule has 2 aliphatic rings. The second kappa shape index (κ2) is 14.4. The van der Waals surface area contributed by atoms with Gasteiger partial charge in [0.25, 0.3) is 0 Å². The number of nitrogens with one attached hydrogen (secondary N) is 1. The van der Waals surface area contributed by atoms with E-state index in [9.17, 15) is 14.0 Å². The molecular formula is C34H36FN5O5S. The number of carbonyl (C=O) groups excluding carboxylic acids is 2. The van der Waals surface area contributed by atoms with E-state index in [1.54, 1.807) is 22.3 Å². The van der Waals surface area contributed by atoms with Crippen molar-refractivity contribution in [2.24, 2.45) is 0 Å². The van der Waals surface area contributed by atoms with Gasteiger partial charge in [-0.15, -0.1) is 21.5 Å². The second-order valence-electron chi connectivity index (χ2n) is 11.4. The molecule has 2 aromatic carbocycles. The van der Waals surface area contributed by atoms with Crippen LogP contribution in [0.1, 0.15) is 17.5 Å². The molecule has 2 amide bonds. The summed E-state index contributed by atoms with van der Waals surface area (Å²) in [6.45, 7) is 7.20. The fourth-order valence-corrected chi connectivity index (χ4v) is 6.70. The van der Waals surface area contributed by atoms with Gasteiger partial charge in [-0.25, -0.2) is 9.18 Å². The lowest BCUT2D eigenvalue weighted by molar-refractivity contribution is -0.125. The van der Waals surface area contributed by atoms with Crippen LogP contribution in [0, 0.1) is 5.82 Å². The van der Waals surface area contributed by atoms with Crippen molar-refractivity contribution in [2.45, 2.75) is 25.5 Å². The van der Waals surface area contributed by atoms with Crippen LogP contribution in [0.3, 0.4) is 0 Å². The molecule has 2 aliphatic heterocycles. The quantitative estimate of drug-likeness (QED) is 0.178. The molecule has 0 aliphatic carbocycles. The number of likely N-dealkylation sites (N-methyl/N-ethyl adjacent to an activating group) is 1. The topological polar surface area (TPSA) is 106 Å². The number of halogens is 1. The number of nitrogens with zero attached hydrogens (tertiary/aromatic N) is 4. The summed E-state index contributed by atoms with van der Waals surface area (Å²) in [6, 6.07) is 13.0. The molecular weight excluding hydrogens is 609 g/mol. The highest BCUT2D eigenvalue weighted by atomic mass is 32.1. The van der Waals surface area contributed by atoms with Crippen LogP contribution in [0.15, 0.2) is 60.5 Å². The first-order valence-corrected chi connectivity index (χ1v) is 16.2. The highest BCUT2D eigenvalue weighted by molar-refractivity contribution is 7.17. The average molecular weight is 646 g/mol. The predicted molar refractivity (Wildman–Crippen MR) is 174 cm³/mol. The van der Waals surface area contributed by atoms with Gasteiger partial charge in [0, 0.05) is 55.2 Å². The number of hydrogen-bond acceptors (Lipinski definition) is 9. The molecule has 12 heteroatoms. The summed E-state index contributed by atoms with van der Waals surface area (Å²) in [5.74, 6) is -0.249. The van der Waals surface area contributed by atoms with E-state index in [2.05, 4.69) is 58.3 Å². The summed E-state index contributed by atoms with van der Waals surface area (Å²) >= 11 is 1.56. The first kappa shape index (κ1) is 31.6. The third kappa shape index (κ3) is 7.19. The molecule has 10 nitrogen and oxygen atoms in total. The molecule has 0 radical (unpaired) electrons. The molecule has 1 fully saturated rings. The van der Waals surface area contributed by atoms with Crippen LogP contribution in [-0.4, -0.2) is 91.1 Å². The summed E-state index contributed by atoms with van der Waals surface area (Å²) in [4.78, 5) is 27.7. The van der Waals surface area contributed by atoms with Crippen molar-refractivity contribution in [1.82, 2.24) is 25.3 Å². The lowest BCUT2D eigenvalue weighted by Gasteiger charge is -2.25. The number of benzene rings is 2. The number of alkyl carbamates (subject to hydrolysis) is 1. The Morgan fingerprint density at radius 3 is 2.83 bits per heavy atom. The Balaban J connectivity index is 1.04. The minimum atomic E-state index is -0.561. The van der Waals surface area contributed by atoms with Gasteiger partial charge in [-0.3, -0.25) is 4.79 Å². The van der Waals surface area contributed by atoms with Crippen LogP contribution >= 0.6 is 11.3 Å². The molecule has 240 valence electrons. The van der Waals surface area contributed by atoms with Gasteiger partial charge in [-0.1, -0.05) is 18.7 Å². The second-order valence-corrected chi connectivity index (χ2v) is 12.3. The smallest absolute Gasteiger partial charge is 0.407 e. The number of rotatable bonds is 11. The zero-order chi connectivity index (χ0) is 32.0. The van der Waals surface area contributed by atoms with Crippen LogP contribution < -0.4 is 10.1 Å². The Morgan fingerprint density at radius 2 is 1.96 bits per heavy atom. The minimum absolute atomic E-state index is 0.166. The number of carbonyl (C=O) groups is 2. The van der Waals surface area contributed by atoms with Gasteiger partial charge in [0.1, 0.15) is 35.7 Å². The first-order chi connectivity index (χ1) is 22.4. The molecule has 0 bridgehead atoms. The Bertz CT molecular complexity index is 1750. The summed E-state index contributed by atoms with van der Waals surface area (Å²) in [6.07, 6.45) is 1.93. The molecule has 1 unspecified atom stereocenters. The third-order valence-electron chi connectivity index (χ3n) is 8.17. The summed E-state index contributed by atoms with van der Waals surface area (Å²) in [5.41, 5.74) is 5.82. The maximum absolute atomic E-state index is 14.3. The van der Waals surface area contributed by atoms with E-state index < -0.39 is 11.9 Å². The number of ether oxygens (including phenoxy) is 3. The molecule has 46 heavy (non-hydrogen) atoms. The SMILES string of the molecule is C=CC(=O)N1CCC(OC(=O)NCCOCCOc2cc(F)ccc2-c2nnc(-c3ccc4c(c3)CCN(C)C4)c3ccsc23)C1. The molecule has 1 N–H and O–H groups in total. The summed E-state index contributed by atoms with van der Waals surface area (Å²) < 4.78 is 32.2. The van der Waals surface area contributed by atoms with E-state index in [4.69, 9.17) is 14.2 Å². The largest absolute Gasteiger partial charge is 0.490 e. The fourth-order valence-electron chi connectivity index (χ4n) is 5.80. The van der Waals surface area contributed by atoms with Crippen LogP contribution in [0.5, 0.6) is 5.75 Å². The Labute approximate surface area is 270 Å². The zero-order valence-corrected chi connectivity index (χ0v) is 26.5. The van der Waals surface area contributed by atoms with Crippen molar-refractivity contribution in [3.8, 4) is 28.3 Å². The van der Waals surface area contributed by atoms with Crippen LogP contribution in [0.2, 0.25) is 0 Å². The third-order valence-corrected chi connectivity index (χ3v) is 9.09. The van der Waals surface area contributed by atoms with Gasteiger partial charge in [-0.2, -0.15) is 0 Å². The number of aromatic nitrogens is 2. The molecule has 6 rings (SSSR count). The van der Waals surface area contributed by atoms with Crippen LogP contribution in [-0.2, 0) is 27.2 Å². The van der Waals surface area contributed by atoms with Gasteiger partial charge >= 0.3 is 6.09 Å². The van der Waals surface area contributed by atoms with E-state index in [1.165, 1.54) is 29.3 Å². The Hall–Kier alpha value is -4.39. The van der Waals surface area contributed by atoms with Crippen molar-refractivity contribution >= 4 is 33.4 Å². The van der Waals surface area contributed by atoms with Crippen molar-refractivity contribution in [1.29, 1.82) is 0 Å². The number of thiophene rings is 1. The van der Waals surface area contributed by atoms with Crippen LogP contribution in [0.4, 0.5) is 9.18 Å². The Kier molecular flexibility index (Phi) is 9.86. The van der Waals surface area contributed by atoms with Gasteiger partial charge in [0.2, 0.25) is 5.91 Å². The molecule has 0 saturated carbocycles. The molecule has 0 spiro atoms. The van der Waals surface area contributed by atoms with E-state index in [-0.39, 0.29) is 38.4 Å². The number of likely N-dealkylation sites (tertiary alicyclic amines) is 1. The van der Waals surface area contributed by atoms with Crippen molar-refractivity contribution in [2.75, 3.05) is 53.0 Å². The molecule has 1 saturated heterocycles. The predicted octanol–water partition coefficient (Wildman–Crippen LogP) is 5.06. The van der Waals surface area contributed by atoms with Crippen LogP contribution in [0.25, 0.3) is 32.6 Å². The van der Waals surface area contributed by atoms with E-state index >= 15 is 0 Å². The van der Waals surface area contributed by atoms with Gasteiger partial charge in [0.05, 0.1) is 24.5 Å².